The Balaban J connectivity index is 2.29. The second-order valence-corrected chi connectivity index (χ2v) is 4.58. The van der Waals surface area contributed by atoms with E-state index in [0.29, 0.717) is 5.02 Å². The summed E-state index contributed by atoms with van der Waals surface area (Å²) in [6.07, 6.45) is 1.08. The Morgan fingerprint density at radius 3 is 2.90 bits per heavy atom. The Morgan fingerprint density at radius 2 is 2.25 bits per heavy atom. The second-order valence-electron chi connectivity index (χ2n) is 4.14. The topological polar surface area (TPSA) is 107 Å². The average Bonchev–Trinajstić information content (AvgIpc) is 2.38. The molecule has 7 nitrogen and oxygen atoms in total. The molecule has 0 fully saturated rings. The zero-order chi connectivity index (χ0) is 14.7. The van der Waals surface area contributed by atoms with E-state index in [4.69, 9.17) is 17.3 Å². The first-order chi connectivity index (χ1) is 9.47. The van der Waals surface area contributed by atoms with Crippen LogP contribution in [0.5, 0.6) is 0 Å². The van der Waals surface area contributed by atoms with E-state index in [1.807, 2.05) is 13.0 Å². The van der Waals surface area contributed by atoms with Crippen LogP contribution in [0.15, 0.2) is 30.5 Å². The van der Waals surface area contributed by atoms with Crippen LogP contribution in [0.25, 0.3) is 0 Å². The van der Waals surface area contributed by atoms with Gasteiger partial charge in [0.1, 0.15) is 6.20 Å². The van der Waals surface area contributed by atoms with Crippen LogP contribution in [0.1, 0.15) is 18.5 Å². The van der Waals surface area contributed by atoms with Gasteiger partial charge in [0, 0.05) is 5.02 Å². The number of halogens is 1. The minimum absolute atomic E-state index is 0.0311. The number of nitrogens with one attached hydrogen (secondary N) is 1. The van der Waals surface area contributed by atoms with Gasteiger partial charge in [0.15, 0.2) is 0 Å². The third kappa shape index (κ3) is 3.12. The number of aromatic nitrogens is 2. The van der Waals surface area contributed by atoms with Crippen LogP contribution in [0, 0.1) is 10.1 Å². The monoisotopic (exact) mass is 293 g/mol. The number of hydrogen-bond acceptors (Lipinski definition) is 6. The van der Waals surface area contributed by atoms with Crippen LogP contribution in [0.3, 0.4) is 0 Å². The van der Waals surface area contributed by atoms with Crippen molar-refractivity contribution in [3.8, 4) is 0 Å². The van der Waals surface area contributed by atoms with Crippen molar-refractivity contribution in [1.29, 1.82) is 0 Å². The van der Waals surface area contributed by atoms with Crippen molar-refractivity contribution < 1.29 is 4.92 Å². The van der Waals surface area contributed by atoms with Crippen molar-refractivity contribution in [3.63, 3.8) is 0 Å². The summed E-state index contributed by atoms with van der Waals surface area (Å²) in [5, 5.41) is 14.5. The normalized spacial score (nSPS) is 11.9. The number of nitrogens with two attached hydrogens (primary N) is 1. The highest BCUT2D eigenvalue weighted by molar-refractivity contribution is 6.30. The molecule has 2 aromatic rings. The highest BCUT2D eigenvalue weighted by Gasteiger charge is 2.18. The molecule has 0 aliphatic heterocycles. The lowest BCUT2D eigenvalue weighted by atomic mass is 10.1. The lowest BCUT2D eigenvalue weighted by Gasteiger charge is -2.15. The minimum Gasteiger partial charge on any atom is -0.368 e. The van der Waals surface area contributed by atoms with Gasteiger partial charge in [-0.3, -0.25) is 10.1 Å². The Kier molecular flexibility index (Phi) is 3.99. The van der Waals surface area contributed by atoms with E-state index in [2.05, 4.69) is 15.3 Å². The molecule has 1 unspecified atom stereocenters. The molecule has 8 heteroatoms. The molecule has 0 spiro atoms. The third-order valence-corrected chi connectivity index (χ3v) is 2.92. The molecule has 0 saturated carbocycles. The molecule has 0 amide bonds. The summed E-state index contributed by atoms with van der Waals surface area (Å²) in [6.45, 7) is 1.84. The lowest BCUT2D eigenvalue weighted by Crippen LogP contribution is -2.11. The van der Waals surface area contributed by atoms with Gasteiger partial charge in [0.25, 0.3) is 0 Å². The summed E-state index contributed by atoms with van der Waals surface area (Å²) in [5.41, 5.74) is 6.11. The van der Waals surface area contributed by atoms with Crippen LogP contribution < -0.4 is 11.1 Å². The number of nitrogens with zero attached hydrogens (tertiary/aromatic N) is 3. The van der Waals surface area contributed by atoms with Crippen molar-refractivity contribution in [2.24, 2.45) is 0 Å². The fourth-order valence-electron chi connectivity index (χ4n) is 1.69. The molecule has 1 aromatic heterocycles. The lowest BCUT2D eigenvalue weighted by molar-refractivity contribution is -0.384. The summed E-state index contributed by atoms with van der Waals surface area (Å²) in [4.78, 5) is 17.8. The molecule has 3 N–H and O–H groups in total. The summed E-state index contributed by atoms with van der Waals surface area (Å²) < 4.78 is 0. The molecule has 0 bridgehead atoms. The van der Waals surface area contributed by atoms with Crippen molar-refractivity contribution in [2.75, 3.05) is 11.1 Å². The van der Waals surface area contributed by atoms with E-state index in [-0.39, 0.29) is 23.5 Å². The molecule has 104 valence electrons. The number of nitro groups is 1. The first-order valence-corrected chi connectivity index (χ1v) is 6.14. The summed E-state index contributed by atoms with van der Waals surface area (Å²) in [7, 11) is 0. The molecule has 0 radical (unpaired) electrons. The van der Waals surface area contributed by atoms with Gasteiger partial charge in [-0.25, -0.2) is 4.98 Å². The first kappa shape index (κ1) is 14.0. The molecule has 0 saturated heterocycles. The minimum atomic E-state index is -0.563. The zero-order valence-electron chi connectivity index (χ0n) is 10.6. The van der Waals surface area contributed by atoms with Gasteiger partial charge in [0.2, 0.25) is 11.8 Å². The smallest absolute Gasteiger partial charge is 0.329 e. The molecule has 1 heterocycles. The molecule has 1 atom stereocenters. The summed E-state index contributed by atoms with van der Waals surface area (Å²) in [6, 6.07) is 6.97. The van der Waals surface area contributed by atoms with Gasteiger partial charge in [-0.15, -0.1) is 0 Å². The van der Waals surface area contributed by atoms with Gasteiger partial charge >= 0.3 is 5.69 Å². The number of hydrogen-bond donors (Lipinski definition) is 2. The zero-order valence-corrected chi connectivity index (χ0v) is 11.3. The molecule has 1 aromatic carbocycles. The van der Waals surface area contributed by atoms with Crippen molar-refractivity contribution in [1.82, 2.24) is 9.97 Å². The predicted octanol–water partition coefficient (Wildman–Crippen LogP) is 2.79. The summed E-state index contributed by atoms with van der Waals surface area (Å²) in [5.74, 6) is 0.0476. The van der Waals surface area contributed by atoms with E-state index < -0.39 is 4.92 Å². The molecule has 0 aliphatic carbocycles. The molecule has 2 rings (SSSR count). The largest absolute Gasteiger partial charge is 0.368 e. The van der Waals surface area contributed by atoms with Crippen LogP contribution in [-0.2, 0) is 0 Å². The van der Waals surface area contributed by atoms with Gasteiger partial charge in [-0.05, 0) is 24.6 Å². The van der Waals surface area contributed by atoms with E-state index >= 15 is 0 Å². The van der Waals surface area contributed by atoms with Gasteiger partial charge in [-0.2, -0.15) is 4.98 Å². The van der Waals surface area contributed by atoms with Crippen LogP contribution in [0.2, 0.25) is 5.02 Å². The number of nitrogen functional groups attached to an aromatic ring is 1. The van der Waals surface area contributed by atoms with Gasteiger partial charge in [0.05, 0.1) is 11.0 Å². The quantitative estimate of drug-likeness (QED) is 0.663. The maximum atomic E-state index is 10.9. The molecular weight excluding hydrogens is 282 g/mol. The number of anilines is 2. The van der Waals surface area contributed by atoms with E-state index in [9.17, 15) is 10.1 Å². The van der Waals surface area contributed by atoms with Gasteiger partial charge < -0.3 is 11.1 Å². The first-order valence-electron chi connectivity index (χ1n) is 5.76. The Morgan fingerprint density at radius 1 is 1.50 bits per heavy atom. The Labute approximate surface area is 120 Å². The molecule has 0 aliphatic rings. The van der Waals surface area contributed by atoms with Crippen molar-refractivity contribution in [3.05, 3.63) is 51.2 Å². The second kappa shape index (κ2) is 5.70. The standard InChI is InChI=1S/C12H12ClN5O2/c1-7(8-3-2-4-9(13)5-8)16-11-10(18(19)20)6-15-12(14)17-11/h2-7H,1H3,(H3,14,15,16,17). The number of benzene rings is 1. The average molecular weight is 294 g/mol. The Hall–Kier alpha value is -2.41. The maximum Gasteiger partial charge on any atom is 0.329 e. The van der Waals surface area contributed by atoms with Crippen molar-refractivity contribution >= 4 is 29.1 Å². The third-order valence-electron chi connectivity index (χ3n) is 2.69. The predicted molar refractivity (Wildman–Crippen MR) is 76.6 cm³/mol. The molecular formula is C12H12ClN5O2. The van der Waals surface area contributed by atoms with E-state index in [1.54, 1.807) is 18.2 Å². The SMILES string of the molecule is CC(Nc1nc(N)ncc1[N+](=O)[O-])c1cccc(Cl)c1. The maximum absolute atomic E-state index is 10.9. The highest BCUT2D eigenvalue weighted by Crippen LogP contribution is 2.26. The van der Waals surface area contributed by atoms with Crippen molar-refractivity contribution in [2.45, 2.75) is 13.0 Å². The Bertz CT molecular complexity index is 649. The number of rotatable bonds is 4. The van der Waals surface area contributed by atoms with Crippen LogP contribution >= 0.6 is 11.6 Å². The highest BCUT2D eigenvalue weighted by atomic mass is 35.5. The fourth-order valence-corrected chi connectivity index (χ4v) is 1.89. The van der Waals surface area contributed by atoms with Crippen LogP contribution in [0.4, 0.5) is 17.5 Å². The molecule has 20 heavy (non-hydrogen) atoms. The fraction of sp³-hybridized carbons (Fsp3) is 0.167. The summed E-state index contributed by atoms with van der Waals surface area (Å²) >= 11 is 5.92. The van der Waals surface area contributed by atoms with Gasteiger partial charge in [-0.1, -0.05) is 23.7 Å². The van der Waals surface area contributed by atoms with E-state index in [0.717, 1.165) is 11.8 Å². The van der Waals surface area contributed by atoms with E-state index in [1.165, 1.54) is 0 Å². The van der Waals surface area contributed by atoms with Crippen LogP contribution in [-0.4, -0.2) is 14.9 Å².